The van der Waals surface area contributed by atoms with Crippen LogP contribution >= 0.6 is 0 Å². The van der Waals surface area contributed by atoms with E-state index in [2.05, 4.69) is 15.5 Å². The molecule has 4 rings (SSSR count). The van der Waals surface area contributed by atoms with Crippen molar-refractivity contribution in [3.63, 3.8) is 0 Å². The number of hydrogen-bond donors (Lipinski definition) is 1. The van der Waals surface area contributed by atoms with E-state index in [4.69, 9.17) is 9.26 Å². The molecule has 1 atom stereocenters. The fourth-order valence-corrected chi connectivity index (χ4v) is 4.24. The van der Waals surface area contributed by atoms with Crippen LogP contribution in [0.25, 0.3) is 0 Å². The lowest BCUT2D eigenvalue weighted by Gasteiger charge is -2.28. The van der Waals surface area contributed by atoms with Crippen LogP contribution in [0.4, 0.5) is 5.69 Å². The van der Waals surface area contributed by atoms with Gasteiger partial charge in [-0.05, 0) is 44.0 Å². The Hall–Kier alpha value is -2.90. The van der Waals surface area contributed by atoms with Crippen LogP contribution in [0.5, 0.6) is 5.75 Å². The van der Waals surface area contributed by atoms with E-state index in [9.17, 15) is 9.59 Å². The van der Waals surface area contributed by atoms with Crippen molar-refractivity contribution < 1.29 is 18.8 Å². The molecule has 154 valence electrons. The second-order valence-corrected chi connectivity index (χ2v) is 7.75. The van der Waals surface area contributed by atoms with E-state index in [1.807, 2.05) is 31.2 Å². The molecule has 2 aromatic rings. The first-order chi connectivity index (χ1) is 14.0. The van der Waals surface area contributed by atoms with Gasteiger partial charge in [-0.3, -0.25) is 9.59 Å². The minimum absolute atomic E-state index is 0.0508. The van der Waals surface area contributed by atoms with Gasteiger partial charge in [-0.15, -0.1) is 0 Å². The van der Waals surface area contributed by atoms with Crippen LogP contribution in [0.1, 0.15) is 50.7 Å². The van der Waals surface area contributed by atoms with Gasteiger partial charge in [0.05, 0.1) is 12.5 Å². The maximum absolute atomic E-state index is 13.1. The summed E-state index contributed by atoms with van der Waals surface area (Å²) in [7, 11) is 0. The van der Waals surface area contributed by atoms with E-state index in [1.54, 1.807) is 11.8 Å². The first-order valence-corrected chi connectivity index (χ1v) is 10.2. The maximum Gasteiger partial charge on any atom is 0.227 e. The lowest BCUT2D eigenvalue weighted by Crippen LogP contribution is -2.47. The summed E-state index contributed by atoms with van der Waals surface area (Å²) in [5, 5.41) is 7.22. The molecule has 1 aromatic heterocycles. The van der Waals surface area contributed by atoms with Gasteiger partial charge in [0.25, 0.3) is 0 Å². The van der Waals surface area contributed by atoms with Crippen LogP contribution < -0.4 is 15.0 Å². The number of rotatable bonds is 6. The van der Waals surface area contributed by atoms with Crippen molar-refractivity contribution in [2.24, 2.45) is 5.92 Å². The number of carbonyl (C=O) groups is 2. The molecule has 1 aromatic carbocycles. The van der Waals surface area contributed by atoms with Gasteiger partial charge < -0.3 is 19.5 Å². The first-order valence-electron chi connectivity index (χ1n) is 10.2. The van der Waals surface area contributed by atoms with Crippen LogP contribution in [0.2, 0.25) is 0 Å². The van der Waals surface area contributed by atoms with Gasteiger partial charge in [-0.1, -0.05) is 18.0 Å². The highest BCUT2D eigenvalue weighted by Gasteiger charge is 2.44. The Balaban J connectivity index is 1.46. The minimum atomic E-state index is -0.593. The largest absolute Gasteiger partial charge is 0.494 e. The smallest absolute Gasteiger partial charge is 0.227 e. The summed E-state index contributed by atoms with van der Waals surface area (Å²) in [6.45, 7) is 4.62. The van der Waals surface area contributed by atoms with Gasteiger partial charge in [0, 0.05) is 25.6 Å². The molecule has 0 unspecified atom stereocenters. The monoisotopic (exact) mass is 398 g/mol. The molecule has 1 aliphatic carbocycles. The number of anilines is 1. The second kappa shape index (κ2) is 7.85. The summed E-state index contributed by atoms with van der Waals surface area (Å²) in [5.74, 6) is 1.20. The second-order valence-electron chi connectivity index (χ2n) is 7.75. The summed E-state index contributed by atoms with van der Waals surface area (Å²) < 4.78 is 10.6. The Morgan fingerprint density at radius 3 is 2.66 bits per heavy atom. The predicted octanol–water partition coefficient (Wildman–Crippen LogP) is 2.72. The fourth-order valence-electron chi connectivity index (χ4n) is 4.24. The SMILES string of the molecule is CCOc1ccc(N2C[C@@H](C(=O)NC3(c4noc(C)n4)CCCC3)CC2=O)cc1. The van der Waals surface area contributed by atoms with Gasteiger partial charge in [0.15, 0.2) is 5.82 Å². The topological polar surface area (TPSA) is 97.6 Å². The molecule has 29 heavy (non-hydrogen) atoms. The Morgan fingerprint density at radius 2 is 2.03 bits per heavy atom. The van der Waals surface area contributed by atoms with Gasteiger partial charge >= 0.3 is 0 Å². The highest BCUT2D eigenvalue weighted by atomic mass is 16.5. The molecule has 2 amide bonds. The molecule has 1 aliphatic heterocycles. The standard InChI is InChI=1S/C21H26N4O4/c1-3-28-17-8-6-16(7-9-17)25-13-15(12-18(25)26)19(27)23-21(10-4-5-11-21)20-22-14(2)29-24-20/h6-9,15H,3-5,10-13H2,1-2H3,(H,23,27)/t15-/m0/s1. The Labute approximate surface area is 169 Å². The van der Waals surface area contributed by atoms with Crippen molar-refractivity contribution in [1.29, 1.82) is 0 Å². The Morgan fingerprint density at radius 1 is 1.31 bits per heavy atom. The lowest BCUT2D eigenvalue weighted by atomic mass is 9.94. The van der Waals surface area contributed by atoms with Crippen LogP contribution in [-0.2, 0) is 15.1 Å². The van der Waals surface area contributed by atoms with Crippen molar-refractivity contribution >= 4 is 17.5 Å². The quantitative estimate of drug-likeness (QED) is 0.803. The van der Waals surface area contributed by atoms with Crippen LogP contribution in [0.3, 0.4) is 0 Å². The molecule has 2 fully saturated rings. The van der Waals surface area contributed by atoms with Crippen LogP contribution in [0, 0.1) is 12.8 Å². The molecule has 0 spiro atoms. The number of ether oxygens (including phenoxy) is 1. The number of aromatic nitrogens is 2. The first kappa shape index (κ1) is 19.4. The highest BCUT2D eigenvalue weighted by molar-refractivity contribution is 6.00. The summed E-state index contributed by atoms with van der Waals surface area (Å²) in [6, 6.07) is 7.38. The van der Waals surface area contributed by atoms with Gasteiger partial charge in [0.2, 0.25) is 17.7 Å². The number of nitrogens with one attached hydrogen (secondary N) is 1. The van der Waals surface area contributed by atoms with E-state index < -0.39 is 11.5 Å². The molecule has 1 saturated heterocycles. The summed E-state index contributed by atoms with van der Waals surface area (Å²) in [4.78, 5) is 31.6. The molecule has 0 radical (unpaired) electrons. The molecule has 2 aliphatic rings. The number of benzene rings is 1. The number of nitrogens with zero attached hydrogens (tertiary/aromatic N) is 3. The molecule has 1 saturated carbocycles. The van der Waals surface area contributed by atoms with E-state index in [0.29, 0.717) is 24.9 Å². The number of carbonyl (C=O) groups excluding carboxylic acids is 2. The number of aryl methyl sites for hydroxylation is 1. The third kappa shape index (κ3) is 3.83. The zero-order chi connectivity index (χ0) is 20.4. The highest BCUT2D eigenvalue weighted by Crippen LogP contribution is 2.38. The maximum atomic E-state index is 13.1. The van der Waals surface area contributed by atoms with Gasteiger partial charge in [-0.25, -0.2) is 0 Å². The number of hydrogen-bond acceptors (Lipinski definition) is 6. The zero-order valence-corrected chi connectivity index (χ0v) is 16.8. The van der Waals surface area contributed by atoms with Crippen molar-refractivity contribution in [2.75, 3.05) is 18.1 Å². The summed E-state index contributed by atoms with van der Waals surface area (Å²) in [6.07, 6.45) is 3.74. The molecule has 8 heteroatoms. The van der Waals surface area contributed by atoms with Crippen molar-refractivity contribution in [1.82, 2.24) is 15.5 Å². The Bertz CT molecular complexity index is 886. The van der Waals surface area contributed by atoms with Crippen molar-refractivity contribution in [3.8, 4) is 5.75 Å². The normalized spacial score (nSPS) is 20.8. The third-order valence-corrected chi connectivity index (χ3v) is 5.73. The average molecular weight is 398 g/mol. The zero-order valence-electron chi connectivity index (χ0n) is 16.8. The van der Waals surface area contributed by atoms with E-state index in [-0.39, 0.29) is 18.2 Å². The average Bonchev–Trinajstić information content (AvgIpc) is 3.43. The molecule has 1 N–H and O–H groups in total. The molecule has 8 nitrogen and oxygen atoms in total. The molecular formula is C21H26N4O4. The lowest BCUT2D eigenvalue weighted by molar-refractivity contribution is -0.128. The minimum Gasteiger partial charge on any atom is -0.494 e. The molecular weight excluding hydrogens is 372 g/mol. The van der Waals surface area contributed by atoms with E-state index in [0.717, 1.165) is 37.1 Å². The van der Waals surface area contributed by atoms with Crippen LogP contribution in [0.15, 0.2) is 28.8 Å². The van der Waals surface area contributed by atoms with Gasteiger partial charge in [-0.2, -0.15) is 4.98 Å². The van der Waals surface area contributed by atoms with Crippen molar-refractivity contribution in [3.05, 3.63) is 36.0 Å². The predicted molar refractivity (Wildman–Crippen MR) is 105 cm³/mol. The fraction of sp³-hybridized carbons (Fsp3) is 0.524. The molecule has 0 bridgehead atoms. The summed E-state index contributed by atoms with van der Waals surface area (Å²) >= 11 is 0. The third-order valence-electron chi connectivity index (χ3n) is 5.73. The van der Waals surface area contributed by atoms with E-state index >= 15 is 0 Å². The van der Waals surface area contributed by atoms with E-state index in [1.165, 1.54) is 0 Å². The summed E-state index contributed by atoms with van der Waals surface area (Å²) in [5.41, 5.74) is 0.183. The van der Waals surface area contributed by atoms with Crippen LogP contribution in [-0.4, -0.2) is 35.1 Å². The number of amides is 2. The van der Waals surface area contributed by atoms with Gasteiger partial charge in [0.1, 0.15) is 11.3 Å². The van der Waals surface area contributed by atoms with Crippen molar-refractivity contribution in [2.45, 2.75) is 51.5 Å². The Kier molecular flexibility index (Phi) is 5.25. The molecule has 2 heterocycles.